The van der Waals surface area contributed by atoms with Gasteiger partial charge >= 0.3 is 5.97 Å². The highest BCUT2D eigenvalue weighted by Crippen LogP contribution is 2.23. The van der Waals surface area contributed by atoms with E-state index in [2.05, 4.69) is 17.4 Å². The summed E-state index contributed by atoms with van der Waals surface area (Å²) in [6, 6.07) is 0. The zero-order valence-corrected chi connectivity index (χ0v) is 7.33. The number of hydrogen-bond donors (Lipinski definition) is 5. The van der Waals surface area contributed by atoms with Gasteiger partial charge in [-0.25, -0.2) is 4.79 Å². The largest absolute Gasteiger partial charge is 0.479 e. The van der Waals surface area contributed by atoms with Crippen LogP contribution in [0.25, 0.3) is 0 Å². The van der Waals surface area contributed by atoms with Crippen LogP contribution in [0.15, 0.2) is 0 Å². The summed E-state index contributed by atoms with van der Waals surface area (Å²) in [7, 11) is 0. The van der Waals surface area contributed by atoms with Gasteiger partial charge in [0.15, 0.2) is 6.10 Å². The predicted molar refractivity (Wildman–Crippen MR) is 43.3 cm³/mol. The fraction of sp³-hybridized carbons (Fsp3) is 0.833. The fourth-order valence-electron chi connectivity index (χ4n) is 1.07. The maximum Gasteiger partial charge on any atom is 0.335 e. The molecule has 0 radical (unpaired) electrons. The Hall–Kier alpha value is -0.340. The van der Waals surface area contributed by atoms with Gasteiger partial charge in [-0.3, -0.25) is 0 Å². The molecule has 4 N–H and O–H groups in total. The number of thiol groups is 1. The summed E-state index contributed by atoms with van der Waals surface area (Å²) < 4.78 is 4.65. The fourth-order valence-corrected chi connectivity index (χ4v) is 1.37. The van der Waals surface area contributed by atoms with E-state index >= 15 is 0 Å². The van der Waals surface area contributed by atoms with Crippen LogP contribution in [0.3, 0.4) is 0 Å². The van der Waals surface area contributed by atoms with E-state index in [-0.39, 0.29) is 0 Å². The minimum atomic E-state index is -1.64. The Morgan fingerprint density at radius 2 is 1.69 bits per heavy atom. The molecule has 0 amide bonds. The van der Waals surface area contributed by atoms with E-state index in [0.29, 0.717) is 0 Å². The first-order valence-corrected chi connectivity index (χ1v) is 4.07. The highest BCUT2D eigenvalue weighted by atomic mass is 32.1. The SMILES string of the molecule is O=C(O)[C@H]1OC(S)[C@H](O)[C@@H](O)[C@@H]1O. The molecule has 1 heterocycles. The van der Waals surface area contributed by atoms with E-state index in [0.717, 1.165) is 0 Å². The van der Waals surface area contributed by atoms with Crippen LogP contribution in [0.2, 0.25) is 0 Å². The normalized spacial score (nSPS) is 46.0. The first-order chi connectivity index (χ1) is 5.95. The van der Waals surface area contributed by atoms with Crippen molar-refractivity contribution in [1.82, 2.24) is 0 Å². The molecule has 0 aromatic heterocycles. The number of aliphatic hydroxyl groups is 3. The second-order valence-electron chi connectivity index (χ2n) is 2.76. The van der Waals surface area contributed by atoms with Crippen LogP contribution in [0.5, 0.6) is 0 Å². The van der Waals surface area contributed by atoms with Crippen LogP contribution in [0.1, 0.15) is 0 Å². The van der Waals surface area contributed by atoms with Gasteiger partial charge in [0, 0.05) is 0 Å². The molecule has 6 nitrogen and oxygen atoms in total. The van der Waals surface area contributed by atoms with E-state index in [9.17, 15) is 4.79 Å². The lowest BCUT2D eigenvalue weighted by Crippen LogP contribution is -2.58. The van der Waals surface area contributed by atoms with Crippen molar-refractivity contribution in [2.45, 2.75) is 29.9 Å². The summed E-state index contributed by atoms with van der Waals surface area (Å²) in [5.41, 5.74) is -1.11. The first-order valence-electron chi connectivity index (χ1n) is 3.55. The molecular formula is C6H10O6S. The number of carbonyl (C=O) groups is 1. The van der Waals surface area contributed by atoms with Gasteiger partial charge in [0.2, 0.25) is 0 Å². The molecule has 1 rings (SSSR count). The summed E-state index contributed by atoms with van der Waals surface area (Å²) in [5, 5.41) is 35.9. The average Bonchev–Trinajstić information content (AvgIpc) is 2.07. The maximum absolute atomic E-state index is 10.5. The second-order valence-corrected chi connectivity index (χ2v) is 3.27. The van der Waals surface area contributed by atoms with Crippen molar-refractivity contribution < 1.29 is 30.0 Å². The van der Waals surface area contributed by atoms with Crippen molar-refractivity contribution in [3.05, 3.63) is 0 Å². The monoisotopic (exact) mass is 210 g/mol. The van der Waals surface area contributed by atoms with E-state index in [1.165, 1.54) is 0 Å². The Balaban J connectivity index is 2.76. The Labute approximate surface area is 79.2 Å². The van der Waals surface area contributed by atoms with Gasteiger partial charge in [-0.15, -0.1) is 12.6 Å². The van der Waals surface area contributed by atoms with E-state index in [1.54, 1.807) is 0 Å². The molecule has 1 aliphatic heterocycles. The molecule has 13 heavy (non-hydrogen) atoms. The Bertz CT molecular complexity index is 209. The van der Waals surface area contributed by atoms with Gasteiger partial charge in [-0.1, -0.05) is 0 Å². The molecule has 0 aromatic carbocycles. The molecule has 0 spiro atoms. The number of hydrogen-bond acceptors (Lipinski definition) is 6. The lowest BCUT2D eigenvalue weighted by Gasteiger charge is -2.36. The summed E-state index contributed by atoms with van der Waals surface area (Å²) in [6.07, 6.45) is -6.15. The molecule has 7 heteroatoms. The van der Waals surface area contributed by atoms with Crippen LogP contribution < -0.4 is 0 Å². The van der Waals surface area contributed by atoms with Crippen molar-refractivity contribution in [2.75, 3.05) is 0 Å². The molecule has 0 saturated carbocycles. The third-order valence-electron chi connectivity index (χ3n) is 1.83. The predicted octanol–water partition coefficient (Wildman–Crippen LogP) is -2.19. The third kappa shape index (κ3) is 1.94. The van der Waals surface area contributed by atoms with Gasteiger partial charge < -0.3 is 25.2 Å². The quantitative estimate of drug-likeness (QED) is 0.315. The molecule has 1 unspecified atom stereocenters. The van der Waals surface area contributed by atoms with Gasteiger partial charge in [-0.05, 0) is 0 Å². The molecule has 1 saturated heterocycles. The van der Waals surface area contributed by atoms with Gasteiger partial charge in [-0.2, -0.15) is 0 Å². The zero-order valence-electron chi connectivity index (χ0n) is 6.44. The lowest BCUT2D eigenvalue weighted by atomic mass is 10.0. The Morgan fingerprint density at radius 3 is 2.15 bits per heavy atom. The minimum absolute atomic E-state index is 1.11. The van der Waals surface area contributed by atoms with Crippen LogP contribution in [0, 0.1) is 0 Å². The zero-order chi connectivity index (χ0) is 10.2. The molecule has 1 fully saturated rings. The van der Waals surface area contributed by atoms with Crippen molar-refractivity contribution in [2.24, 2.45) is 0 Å². The van der Waals surface area contributed by atoms with Crippen molar-refractivity contribution >= 4 is 18.6 Å². The number of ether oxygens (including phenoxy) is 1. The van der Waals surface area contributed by atoms with Crippen LogP contribution in [-0.4, -0.2) is 56.2 Å². The molecular weight excluding hydrogens is 200 g/mol. The van der Waals surface area contributed by atoms with Crippen LogP contribution in [-0.2, 0) is 9.53 Å². The lowest BCUT2D eigenvalue weighted by molar-refractivity contribution is -0.208. The summed E-state index contributed by atoms with van der Waals surface area (Å²) in [4.78, 5) is 10.5. The second kappa shape index (κ2) is 3.81. The van der Waals surface area contributed by atoms with Crippen LogP contribution in [0.4, 0.5) is 0 Å². The maximum atomic E-state index is 10.5. The average molecular weight is 210 g/mol. The summed E-state index contributed by atoms with van der Waals surface area (Å²) >= 11 is 3.70. The number of aliphatic hydroxyl groups excluding tert-OH is 3. The van der Waals surface area contributed by atoms with E-state index in [1.807, 2.05) is 0 Å². The van der Waals surface area contributed by atoms with E-state index < -0.39 is 35.8 Å². The number of carboxylic acid groups (broad SMARTS) is 1. The number of aliphatic carboxylic acids is 1. The molecule has 0 aromatic rings. The number of rotatable bonds is 1. The smallest absolute Gasteiger partial charge is 0.335 e. The van der Waals surface area contributed by atoms with Crippen LogP contribution >= 0.6 is 12.6 Å². The van der Waals surface area contributed by atoms with Crippen molar-refractivity contribution in [3.63, 3.8) is 0 Å². The summed E-state index contributed by atoms with van der Waals surface area (Å²) in [6.45, 7) is 0. The molecule has 1 aliphatic rings. The Kier molecular flexibility index (Phi) is 3.14. The van der Waals surface area contributed by atoms with Gasteiger partial charge in [0.1, 0.15) is 23.7 Å². The highest BCUT2D eigenvalue weighted by molar-refractivity contribution is 7.80. The van der Waals surface area contributed by atoms with Crippen molar-refractivity contribution in [1.29, 1.82) is 0 Å². The van der Waals surface area contributed by atoms with Crippen molar-refractivity contribution in [3.8, 4) is 0 Å². The van der Waals surface area contributed by atoms with Gasteiger partial charge in [0.05, 0.1) is 0 Å². The molecule has 5 atom stereocenters. The Morgan fingerprint density at radius 1 is 1.15 bits per heavy atom. The molecule has 0 aliphatic carbocycles. The molecule has 0 bridgehead atoms. The number of carboxylic acids is 1. The first kappa shape index (κ1) is 10.7. The molecule has 76 valence electrons. The van der Waals surface area contributed by atoms with Gasteiger partial charge in [0.25, 0.3) is 0 Å². The minimum Gasteiger partial charge on any atom is -0.479 e. The summed E-state index contributed by atoms with van der Waals surface area (Å²) in [5.74, 6) is -1.41. The third-order valence-corrected chi connectivity index (χ3v) is 2.26. The topological polar surface area (TPSA) is 107 Å². The van der Waals surface area contributed by atoms with E-state index in [4.69, 9.17) is 20.4 Å². The highest BCUT2D eigenvalue weighted by Gasteiger charge is 2.45. The standard InChI is InChI=1S/C6H10O6S/c7-1-2(8)4(5(10)11)12-6(13)3(1)9/h1-4,6-9,13H,(H,10,11)/t1-,2-,3+,4-,6?/m0/s1.